The lowest BCUT2D eigenvalue weighted by molar-refractivity contribution is 0.639. The third-order valence-corrected chi connectivity index (χ3v) is 1.63. The number of hydrogen-bond acceptors (Lipinski definition) is 1. The zero-order valence-corrected chi connectivity index (χ0v) is 6.08. The summed E-state index contributed by atoms with van der Waals surface area (Å²) in [6, 6.07) is 3.65. The Labute approximate surface area is 63.3 Å². The fourth-order valence-corrected chi connectivity index (χ4v) is 1.06. The largest absolute Gasteiger partial charge is 0.238 e. The highest BCUT2D eigenvalue weighted by atomic mass is 19.1. The van der Waals surface area contributed by atoms with Gasteiger partial charge in [0.1, 0.15) is 5.52 Å². The molecule has 0 bridgehead atoms. The van der Waals surface area contributed by atoms with E-state index in [4.69, 9.17) is 0 Å². The Bertz CT molecular complexity index is 392. The van der Waals surface area contributed by atoms with Crippen molar-refractivity contribution in [2.45, 2.75) is 6.92 Å². The maximum absolute atomic E-state index is 12.8. The van der Waals surface area contributed by atoms with Crippen LogP contribution in [0.4, 0.5) is 4.39 Å². The van der Waals surface area contributed by atoms with Gasteiger partial charge in [0.05, 0.1) is 6.20 Å². The first kappa shape index (κ1) is 6.34. The SMILES string of the molecule is Cc1ccn2ncc(F)c2c1. The molecule has 0 radical (unpaired) electrons. The standard InChI is InChI=1S/C8H7FN2/c1-6-2-3-11-8(4-6)7(9)5-10-11/h2-5H,1H3. The minimum absolute atomic E-state index is 0.270. The number of nitrogens with zero attached hydrogens (tertiary/aromatic N) is 2. The van der Waals surface area contributed by atoms with E-state index in [2.05, 4.69) is 5.10 Å². The summed E-state index contributed by atoms with van der Waals surface area (Å²) >= 11 is 0. The fourth-order valence-electron chi connectivity index (χ4n) is 1.06. The summed E-state index contributed by atoms with van der Waals surface area (Å²) in [5.74, 6) is -0.270. The monoisotopic (exact) mass is 150 g/mol. The molecule has 2 nitrogen and oxygen atoms in total. The Morgan fingerprint density at radius 1 is 1.55 bits per heavy atom. The molecule has 0 aliphatic rings. The van der Waals surface area contributed by atoms with E-state index < -0.39 is 0 Å². The Kier molecular flexibility index (Phi) is 1.18. The molecule has 0 spiro atoms. The summed E-state index contributed by atoms with van der Waals surface area (Å²) < 4.78 is 14.4. The number of aryl methyl sites for hydroxylation is 1. The van der Waals surface area contributed by atoms with Gasteiger partial charge in [0, 0.05) is 6.20 Å². The van der Waals surface area contributed by atoms with Crippen molar-refractivity contribution in [3.05, 3.63) is 35.9 Å². The van der Waals surface area contributed by atoms with Crippen molar-refractivity contribution in [1.82, 2.24) is 9.61 Å². The molecule has 0 saturated heterocycles. The Hall–Kier alpha value is -1.38. The van der Waals surface area contributed by atoms with Crippen molar-refractivity contribution in [3.8, 4) is 0 Å². The molecule has 0 fully saturated rings. The summed E-state index contributed by atoms with van der Waals surface area (Å²) in [5, 5.41) is 3.80. The zero-order chi connectivity index (χ0) is 7.84. The van der Waals surface area contributed by atoms with Gasteiger partial charge in [0.15, 0.2) is 5.82 Å². The van der Waals surface area contributed by atoms with Crippen molar-refractivity contribution in [2.75, 3.05) is 0 Å². The first-order chi connectivity index (χ1) is 5.27. The van der Waals surface area contributed by atoms with Gasteiger partial charge in [-0.25, -0.2) is 8.91 Å². The van der Waals surface area contributed by atoms with E-state index in [-0.39, 0.29) is 5.82 Å². The van der Waals surface area contributed by atoms with Crippen LogP contribution in [0.3, 0.4) is 0 Å². The fraction of sp³-hybridized carbons (Fsp3) is 0.125. The second-order valence-corrected chi connectivity index (χ2v) is 2.53. The number of fused-ring (bicyclic) bond motifs is 1. The molecule has 0 aliphatic carbocycles. The van der Waals surface area contributed by atoms with Gasteiger partial charge in [-0.05, 0) is 24.6 Å². The molecule has 2 rings (SSSR count). The Morgan fingerprint density at radius 2 is 2.36 bits per heavy atom. The maximum Gasteiger partial charge on any atom is 0.168 e. The van der Waals surface area contributed by atoms with Crippen molar-refractivity contribution in [2.24, 2.45) is 0 Å². The smallest absolute Gasteiger partial charge is 0.168 e. The van der Waals surface area contributed by atoms with E-state index >= 15 is 0 Å². The predicted molar refractivity (Wildman–Crippen MR) is 39.9 cm³/mol. The highest BCUT2D eigenvalue weighted by Gasteiger charge is 2.00. The first-order valence-electron chi connectivity index (χ1n) is 3.37. The van der Waals surface area contributed by atoms with Crippen LogP contribution in [0.5, 0.6) is 0 Å². The molecule has 2 aromatic heterocycles. The van der Waals surface area contributed by atoms with Gasteiger partial charge in [-0.3, -0.25) is 0 Å². The van der Waals surface area contributed by atoms with E-state index in [1.807, 2.05) is 13.0 Å². The molecule has 0 aliphatic heterocycles. The number of halogens is 1. The second kappa shape index (κ2) is 2.05. The summed E-state index contributed by atoms with van der Waals surface area (Å²) in [4.78, 5) is 0. The molecule has 2 aromatic rings. The molecule has 0 atom stereocenters. The molecular formula is C8H7FN2. The number of rotatable bonds is 0. The Morgan fingerprint density at radius 3 is 3.18 bits per heavy atom. The van der Waals surface area contributed by atoms with Crippen LogP contribution in [-0.2, 0) is 0 Å². The third kappa shape index (κ3) is 0.888. The van der Waals surface area contributed by atoms with E-state index in [1.54, 1.807) is 12.3 Å². The minimum Gasteiger partial charge on any atom is -0.238 e. The molecule has 3 heteroatoms. The Balaban J connectivity index is 2.87. The number of pyridine rings is 1. The van der Waals surface area contributed by atoms with Gasteiger partial charge in [-0.2, -0.15) is 5.10 Å². The zero-order valence-electron chi connectivity index (χ0n) is 6.08. The van der Waals surface area contributed by atoms with Crippen molar-refractivity contribution >= 4 is 5.52 Å². The number of hydrogen-bond donors (Lipinski definition) is 0. The highest BCUT2D eigenvalue weighted by molar-refractivity contribution is 5.48. The molecule has 2 heterocycles. The second-order valence-electron chi connectivity index (χ2n) is 2.53. The van der Waals surface area contributed by atoms with Gasteiger partial charge in [0.25, 0.3) is 0 Å². The summed E-state index contributed by atoms with van der Waals surface area (Å²) in [7, 11) is 0. The summed E-state index contributed by atoms with van der Waals surface area (Å²) in [6.45, 7) is 1.92. The third-order valence-electron chi connectivity index (χ3n) is 1.63. The number of aromatic nitrogens is 2. The molecule has 56 valence electrons. The van der Waals surface area contributed by atoms with Crippen molar-refractivity contribution < 1.29 is 4.39 Å². The van der Waals surface area contributed by atoms with E-state index in [0.29, 0.717) is 5.52 Å². The summed E-state index contributed by atoms with van der Waals surface area (Å²) in [6.07, 6.45) is 2.96. The van der Waals surface area contributed by atoms with E-state index in [0.717, 1.165) is 5.56 Å². The average molecular weight is 150 g/mol. The van der Waals surface area contributed by atoms with Crippen LogP contribution >= 0.6 is 0 Å². The normalized spacial score (nSPS) is 10.7. The molecular weight excluding hydrogens is 143 g/mol. The van der Waals surface area contributed by atoms with Crippen LogP contribution < -0.4 is 0 Å². The van der Waals surface area contributed by atoms with Gasteiger partial charge in [-0.15, -0.1) is 0 Å². The quantitative estimate of drug-likeness (QED) is 0.559. The topological polar surface area (TPSA) is 17.3 Å². The molecule has 11 heavy (non-hydrogen) atoms. The van der Waals surface area contributed by atoms with E-state index in [9.17, 15) is 4.39 Å². The molecule has 0 saturated carbocycles. The molecule has 0 N–H and O–H groups in total. The van der Waals surface area contributed by atoms with Gasteiger partial charge < -0.3 is 0 Å². The van der Waals surface area contributed by atoms with Gasteiger partial charge >= 0.3 is 0 Å². The maximum atomic E-state index is 12.8. The average Bonchev–Trinajstić information content (AvgIpc) is 2.33. The lowest BCUT2D eigenvalue weighted by Gasteiger charge is -1.93. The van der Waals surface area contributed by atoms with Crippen LogP contribution in [0.15, 0.2) is 24.5 Å². The van der Waals surface area contributed by atoms with Crippen molar-refractivity contribution in [1.29, 1.82) is 0 Å². The lowest BCUT2D eigenvalue weighted by Crippen LogP contribution is -1.85. The van der Waals surface area contributed by atoms with Crippen LogP contribution in [0.2, 0.25) is 0 Å². The highest BCUT2D eigenvalue weighted by Crippen LogP contribution is 2.09. The lowest BCUT2D eigenvalue weighted by atomic mass is 10.3. The van der Waals surface area contributed by atoms with Gasteiger partial charge in [0.2, 0.25) is 0 Å². The molecule has 0 amide bonds. The molecule has 0 aromatic carbocycles. The summed E-state index contributed by atoms with van der Waals surface area (Å²) in [5.41, 5.74) is 1.57. The van der Waals surface area contributed by atoms with E-state index in [1.165, 1.54) is 10.7 Å². The van der Waals surface area contributed by atoms with Crippen LogP contribution in [0, 0.1) is 12.7 Å². The predicted octanol–water partition coefficient (Wildman–Crippen LogP) is 1.78. The first-order valence-corrected chi connectivity index (χ1v) is 3.37. The van der Waals surface area contributed by atoms with Crippen molar-refractivity contribution in [3.63, 3.8) is 0 Å². The van der Waals surface area contributed by atoms with Crippen LogP contribution in [0.25, 0.3) is 5.52 Å². The van der Waals surface area contributed by atoms with Crippen LogP contribution in [0.1, 0.15) is 5.56 Å². The van der Waals surface area contributed by atoms with Crippen LogP contribution in [-0.4, -0.2) is 9.61 Å². The molecule has 0 unspecified atom stereocenters. The minimum atomic E-state index is -0.270. The van der Waals surface area contributed by atoms with Gasteiger partial charge in [-0.1, -0.05) is 0 Å².